The van der Waals surface area contributed by atoms with Gasteiger partial charge in [-0.05, 0) is 36.4 Å². The van der Waals surface area contributed by atoms with Gasteiger partial charge in [-0.25, -0.2) is 9.78 Å². The lowest BCUT2D eigenvalue weighted by Crippen LogP contribution is -2.04. The largest absolute Gasteiger partial charge is 0.458 e. The minimum Gasteiger partial charge on any atom is -0.458 e. The van der Waals surface area contributed by atoms with Crippen LogP contribution in [0.3, 0.4) is 0 Å². The van der Waals surface area contributed by atoms with E-state index in [1.807, 2.05) is 0 Å². The van der Waals surface area contributed by atoms with Crippen LogP contribution in [0.5, 0.6) is 0 Å². The molecule has 2 aromatic carbocycles. The van der Waals surface area contributed by atoms with Gasteiger partial charge in [-0.1, -0.05) is 35.9 Å². The molecule has 23 heavy (non-hydrogen) atoms. The van der Waals surface area contributed by atoms with Crippen molar-refractivity contribution in [2.45, 2.75) is 0 Å². The second-order valence-corrected chi connectivity index (χ2v) is 5.56. The minimum absolute atomic E-state index is 0.172. The second-order valence-electron chi connectivity index (χ2n) is 4.72. The Balaban J connectivity index is 1.91. The number of benzene rings is 2. The van der Waals surface area contributed by atoms with Crippen molar-refractivity contribution in [2.24, 2.45) is 0 Å². The number of esters is 1. The highest BCUT2D eigenvalue weighted by Crippen LogP contribution is 2.31. The van der Waals surface area contributed by atoms with E-state index in [1.54, 1.807) is 36.4 Å². The van der Waals surface area contributed by atoms with Gasteiger partial charge in [0.25, 0.3) is 0 Å². The second kappa shape index (κ2) is 6.44. The van der Waals surface area contributed by atoms with Gasteiger partial charge in [-0.3, -0.25) is 0 Å². The van der Waals surface area contributed by atoms with Gasteiger partial charge in [0, 0.05) is 10.6 Å². The average Bonchev–Trinajstić information content (AvgIpc) is 2.97. The molecule has 0 bridgehead atoms. The Morgan fingerprint density at radius 1 is 1.26 bits per heavy atom. The molecular formula is C17H11Cl2NO3. The summed E-state index contributed by atoms with van der Waals surface area (Å²) in [5.74, 6) is -0.0148. The van der Waals surface area contributed by atoms with Crippen LogP contribution in [0.4, 0.5) is 0 Å². The number of carbonyl (C=O) groups excluding carboxylic acids is 1. The third-order valence-electron chi connectivity index (χ3n) is 3.11. The van der Waals surface area contributed by atoms with E-state index in [2.05, 4.69) is 11.6 Å². The number of fused-ring (bicyclic) bond motifs is 1. The molecule has 4 nitrogen and oxygen atoms in total. The lowest BCUT2D eigenvalue weighted by Gasteiger charge is -2.02. The van der Waals surface area contributed by atoms with E-state index in [0.29, 0.717) is 38.2 Å². The summed E-state index contributed by atoms with van der Waals surface area (Å²) in [6.07, 6.45) is 1.51. The van der Waals surface area contributed by atoms with E-state index in [9.17, 15) is 4.79 Å². The topological polar surface area (TPSA) is 52.3 Å². The van der Waals surface area contributed by atoms with Crippen LogP contribution >= 0.6 is 23.2 Å². The number of nitrogens with zero attached hydrogens (tertiary/aromatic N) is 1. The maximum atomic E-state index is 11.7. The van der Waals surface area contributed by atoms with E-state index >= 15 is 0 Å². The van der Waals surface area contributed by atoms with E-state index in [-0.39, 0.29) is 6.61 Å². The molecule has 0 radical (unpaired) electrons. The lowest BCUT2D eigenvalue weighted by atomic mass is 10.1. The first-order valence-corrected chi connectivity index (χ1v) is 7.48. The molecule has 0 atom stereocenters. The fourth-order valence-electron chi connectivity index (χ4n) is 2.05. The molecule has 0 N–H and O–H groups in total. The minimum atomic E-state index is -0.413. The van der Waals surface area contributed by atoms with E-state index < -0.39 is 5.97 Å². The van der Waals surface area contributed by atoms with Crippen LogP contribution in [0, 0.1) is 0 Å². The van der Waals surface area contributed by atoms with Crippen molar-refractivity contribution in [1.82, 2.24) is 4.98 Å². The zero-order valence-corrected chi connectivity index (χ0v) is 13.4. The first-order valence-electron chi connectivity index (χ1n) is 6.72. The molecule has 0 saturated heterocycles. The van der Waals surface area contributed by atoms with Gasteiger partial charge in [0.05, 0.1) is 10.6 Å². The molecule has 0 aliphatic heterocycles. The maximum absolute atomic E-state index is 11.7. The standard InChI is InChI=1S/C17H11Cl2NO3/c1-2-7-22-17(21)11-5-3-10(4-6-11)16-20-14-9-12(18)8-13(19)15(14)23-16/h2-6,8-9H,1,7H2. The number of carbonyl (C=O) groups is 1. The number of hydrogen-bond donors (Lipinski definition) is 0. The zero-order valence-electron chi connectivity index (χ0n) is 11.9. The summed E-state index contributed by atoms with van der Waals surface area (Å²) in [7, 11) is 0. The quantitative estimate of drug-likeness (QED) is 0.484. The molecular weight excluding hydrogens is 337 g/mol. The van der Waals surface area contributed by atoms with Crippen molar-refractivity contribution in [1.29, 1.82) is 0 Å². The Bertz CT molecular complexity index is 885. The van der Waals surface area contributed by atoms with Crippen LogP contribution in [-0.4, -0.2) is 17.6 Å². The van der Waals surface area contributed by atoms with Gasteiger partial charge >= 0.3 is 5.97 Å². The molecule has 0 fully saturated rings. The molecule has 0 amide bonds. The smallest absolute Gasteiger partial charge is 0.338 e. The molecule has 0 unspecified atom stereocenters. The Labute approximate surface area is 142 Å². The van der Waals surface area contributed by atoms with E-state index in [4.69, 9.17) is 32.4 Å². The number of halogens is 2. The summed E-state index contributed by atoms with van der Waals surface area (Å²) < 4.78 is 10.6. The van der Waals surface area contributed by atoms with Crippen LogP contribution in [0.15, 0.2) is 53.5 Å². The van der Waals surface area contributed by atoms with Gasteiger partial charge in [0.15, 0.2) is 5.58 Å². The average molecular weight is 348 g/mol. The Hall–Kier alpha value is -2.30. The number of oxazole rings is 1. The highest BCUT2D eigenvalue weighted by Gasteiger charge is 2.13. The molecule has 0 spiro atoms. The number of hydrogen-bond acceptors (Lipinski definition) is 4. The van der Waals surface area contributed by atoms with Gasteiger partial charge in [0.2, 0.25) is 5.89 Å². The SMILES string of the molecule is C=CCOC(=O)c1ccc(-c2nc3cc(Cl)cc(Cl)c3o2)cc1. The third-order valence-corrected chi connectivity index (χ3v) is 3.61. The predicted molar refractivity (Wildman–Crippen MR) is 89.9 cm³/mol. The normalized spacial score (nSPS) is 10.7. The van der Waals surface area contributed by atoms with Crippen molar-refractivity contribution in [3.8, 4) is 11.5 Å². The fraction of sp³-hybridized carbons (Fsp3) is 0.0588. The summed E-state index contributed by atoms with van der Waals surface area (Å²) in [6, 6.07) is 10.0. The first kappa shape index (κ1) is 15.6. The van der Waals surface area contributed by atoms with Crippen LogP contribution < -0.4 is 0 Å². The number of aromatic nitrogens is 1. The number of rotatable bonds is 4. The van der Waals surface area contributed by atoms with Crippen LogP contribution in [0.1, 0.15) is 10.4 Å². The lowest BCUT2D eigenvalue weighted by molar-refractivity contribution is 0.0550. The molecule has 1 heterocycles. The van der Waals surface area contributed by atoms with Crippen molar-refractivity contribution < 1.29 is 13.9 Å². The third kappa shape index (κ3) is 3.23. The van der Waals surface area contributed by atoms with Gasteiger partial charge < -0.3 is 9.15 Å². The van der Waals surface area contributed by atoms with Crippen molar-refractivity contribution >= 4 is 40.3 Å². The van der Waals surface area contributed by atoms with Gasteiger partial charge in [-0.15, -0.1) is 0 Å². The summed E-state index contributed by atoms with van der Waals surface area (Å²) in [4.78, 5) is 16.1. The highest BCUT2D eigenvalue weighted by molar-refractivity contribution is 6.38. The van der Waals surface area contributed by atoms with Crippen molar-refractivity contribution in [3.63, 3.8) is 0 Å². The summed E-state index contributed by atoms with van der Waals surface area (Å²) in [6.45, 7) is 3.67. The zero-order chi connectivity index (χ0) is 16.4. The van der Waals surface area contributed by atoms with Crippen molar-refractivity contribution in [3.05, 3.63) is 64.7 Å². The Kier molecular flexibility index (Phi) is 4.37. The van der Waals surface area contributed by atoms with Gasteiger partial charge in [-0.2, -0.15) is 0 Å². The van der Waals surface area contributed by atoms with Crippen LogP contribution in [0.2, 0.25) is 10.0 Å². The molecule has 3 rings (SSSR count). The summed E-state index contributed by atoms with van der Waals surface area (Å²) >= 11 is 12.0. The molecule has 0 saturated carbocycles. The Morgan fingerprint density at radius 2 is 2.00 bits per heavy atom. The number of ether oxygens (including phenoxy) is 1. The van der Waals surface area contributed by atoms with E-state index in [1.165, 1.54) is 6.08 Å². The fourth-order valence-corrected chi connectivity index (χ4v) is 2.57. The van der Waals surface area contributed by atoms with E-state index in [0.717, 1.165) is 0 Å². The predicted octanol–water partition coefficient (Wildman–Crippen LogP) is 5.14. The maximum Gasteiger partial charge on any atom is 0.338 e. The first-order chi connectivity index (χ1) is 11.1. The summed E-state index contributed by atoms with van der Waals surface area (Å²) in [5.41, 5.74) is 2.20. The monoisotopic (exact) mass is 347 g/mol. The van der Waals surface area contributed by atoms with Crippen LogP contribution in [-0.2, 0) is 4.74 Å². The van der Waals surface area contributed by atoms with Crippen molar-refractivity contribution in [2.75, 3.05) is 6.61 Å². The molecule has 0 aliphatic carbocycles. The summed E-state index contributed by atoms with van der Waals surface area (Å²) in [5, 5.41) is 0.888. The molecule has 1 aromatic heterocycles. The highest BCUT2D eigenvalue weighted by atomic mass is 35.5. The van der Waals surface area contributed by atoms with Gasteiger partial charge in [0.1, 0.15) is 12.1 Å². The molecule has 3 aromatic rings. The van der Waals surface area contributed by atoms with Crippen LogP contribution in [0.25, 0.3) is 22.6 Å². The Morgan fingerprint density at radius 3 is 2.70 bits per heavy atom. The molecule has 0 aliphatic rings. The molecule has 6 heteroatoms. The molecule has 116 valence electrons.